The fourth-order valence-electron chi connectivity index (χ4n) is 3.27. The number of nitrogens with two attached hydrogens (primary N) is 1. The summed E-state index contributed by atoms with van der Waals surface area (Å²) in [5.74, 6) is 1.54. The number of allylic oxidation sites excluding steroid dienone is 1. The van der Waals surface area contributed by atoms with Crippen LogP contribution in [-0.4, -0.2) is 46.6 Å². The summed E-state index contributed by atoms with van der Waals surface area (Å²) in [6.45, 7) is 1.82. The number of rotatable bonds is 7. The average Bonchev–Trinajstić information content (AvgIpc) is 3.06. The van der Waals surface area contributed by atoms with Crippen LogP contribution in [0.5, 0.6) is 11.5 Å². The summed E-state index contributed by atoms with van der Waals surface area (Å²) in [5.41, 5.74) is 7.35. The maximum Gasteiger partial charge on any atom is 0.248 e. The van der Waals surface area contributed by atoms with Crippen molar-refractivity contribution in [1.29, 1.82) is 0 Å². The summed E-state index contributed by atoms with van der Waals surface area (Å²) in [6, 6.07) is 4.82. The number of aromatic nitrogens is 3. The molecule has 1 aliphatic rings. The minimum Gasteiger partial charge on any atom is -0.493 e. The van der Waals surface area contributed by atoms with Crippen molar-refractivity contribution in [3.05, 3.63) is 40.9 Å². The predicted molar refractivity (Wildman–Crippen MR) is 98.6 cm³/mol. The van der Waals surface area contributed by atoms with Crippen molar-refractivity contribution in [3.8, 4) is 11.5 Å². The van der Waals surface area contributed by atoms with Gasteiger partial charge in [0.05, 0.1) is 19.8 Å². The van der Waals surface area contributed by atoms with Crippen molar-refractivity contribution in [1.82, 2.24) is 14.8 Å². The van der Waals surface area contributed by atoms with Crippen LogP contribution in [0, 0.1) is 0 Å². The number of hydrogen-bond acceptors (Lipinski definition) is 7. The summed E-state index contributed by atoms with van der Waals surface area (Å²) < 4.78 is 12.6. The highest BCUT2D eigenvalue weighted by molar-refractivity contribution is 5.95. The molecule has 0 fully saturated rings. The molecule has 1 aromatic carbocycles. The SMILES string of the molecule is COc1cccc([C@@H]2C(C(N)=O)=C(C)Nc3nc(CCCO)nn32)c1OC. The molecule has 0 aliphatic carbocycles. The Morgan fingerprint density at radius 2 is 2.15 bits per heavy atom. The molecule has 0 saturated heterocycles. The topological polar surface area (TPSA) is 125 Å². The fraction of sp³-hybridized carbons (Fsp3) is 0.389. The Kier molecular flexibility index (Phi) is 5.31. The Morgan fingerprint density at radius 3 is 2.78 bits per heavy atom. The number of aliphatic hydroxyl groups excluding tert-OH is 1. The molecule has 144 valence electrons. The van der Waals surface area contributed by atoms with Crippen molar-refractivity contribution in [2.45, 2.75) is 25.8 Å². The lowest BCUT2D eigenvalue weighted by molar-refractivity contribution is -0.115. The van der Waals surface area contributed by atoms with Gasteiger partial charge in [-0.3, -0.25) is 4.79 Å². The van der Waals surface area contributed by atoms with E-state index in [4.69, 9.17) is 20.3 Å². The number of benzene rings is 1. The van der Waals surface area contributed by atoms with Crippen molar-refractivity contribution >= 4 is 11.9 Å². The summed E-state index contributed by atoms with van der Waals surface area (Å²) in [6.07, 6.45) is 1.07. The zero-order valence-corrected chi connectivity index (χ0v) is 15.5. The molecule has 9 nitrogen and oxygen atoms in total. The van der Waals surface area contributed by atoms with E-state index in [0.717, 1.165) is 0 Å². The van der Waals surface area contributed by atoms with Gasteiger partial charge >= 0.3 is 0 Å². The molecule has 27 heavy (non-hydrogen) atoms. The van der Waals surface area contributed by atoms with Gasteiger partial charge in [0.25, 0.3) is 0 Å². The molecule has 2 aromatic rings. The number of hydrogen-bond donors (Lipinski definition) is 3. The number of anilines is 1. The molecule has 9 heteroatoms. The first-order valence-corrected chi connectivity index (χ1v) is 8.56. The van der Waals surface area contributed by atoms with Crippen LogP contribution in [0.4, 0.5) is 5.95 Å². The van der Waals surface area contributed by atoms with Crippen LogP contribution in [0.3, 0.4) is 0 Å². The zero-order chi connectivity index (χ0) is 19.6. The van der Waals surface area contributed by atoms with Gasteiger partial charge in [0, 0.05) is 24.3 Å². The number of methoxy groups -OCH3 is 2. The summed E-state index contributed by atoms with van der Waals surface area (Å²) >= 11 is 0. The van der Waals surface area contributed by atoms with E-state index in [9.17, 15) is 4.79 Å². The molecular weight excluding hydrogens is 350 g/mol. The van der Waals surface area contributed by atoms with Gasteiger partial charge in [-0.25, -0.2) is 4.68 Å². The fourth-order valence-corrected chi connectivity index (χ4v) is 3.27. The summed E-state index contributed by atoms with van der Waals surface area (Å²) in [4.78, 5) is 16.7. The molecule has 0 bridgehead atoms. The molecule has 0 unspecified atom stereocenters. The smallest absolute Gasteiger partial charge is 0.248 e. The molecule has 2 heterocycles. The molecule has 0 radical (unpaired) electrons. The van der Waals surface area contributed by atoms with E-state index in [-0.39, 0.29) is 6.61 Å². The Hall–Kier alpha value is -3.07. The first-order chi connectivity index (χ1) is 13.0. The van der Waals surface area contributed by atoms with Crippen molar-refractivity contribution in [3.63, 3.8) is 0 Å². The number of carbonyl (C=O) groups excluding carboxylic acids is 1. The Bertz CT molecular complexity index is 890. The molecule has 1 aliphatic heterocycles. The number of primary amides is 1. The Labute approximate surface area is 156 Å². The van der Waals surface area contributed by atoms with Gasteiger partial charge in [-0.1, -0.05) is 12.1 Å². The number of ether oxygens (including phenoxy) is 2. The normalized spacial score (nSPS) is 15.9. The summed E-state index contributed by atoms with van der Waals surface area (Å²) in [5, 5.41) is 16.7. The lowest BCUT2D eigenvalue weighted by atomic mass is 9.94. The van der Waals surface area contributed by atoms with Gasteiger partial charge in [-0.05, 0) is 19.4 Å². The van der Waals surface area contributed by atoms with Gasteiger partial charge in [0.15, 0.2) is 17.3 Å². The lowest BCUT2D eigenvalue weighted by Gasteiger charge is -2.29. The maximum atomic E-state index is 12.2. The van der Waals surface area contributed by atoms with Crippen LogP contribution in [0.2, 0.25) is 0 Å². The number of nitrogens with zero attached hydrogens (tertiary/aromatic N) is 3. The number of amides is 1. The number of carbonyl (C=O) groups is 1. The second-order valence-corrected chi connectivity index (χ2v) is 6.14. The predicted octanol–water partition coefficient (Wildman–Crippen LogP) is 0.994. The van der Waals surface area contributed by atoms with Gasteiger partial charge < -0.3 is 25.6 Å². The molecule has 4 N–H and O–H groups in total. The van der Waals surface area contributed by atoms with Crippen LogP contribution in [0.15, 0.2) is 29.5 Å². The van der Waals surface area contributed by atoms with E-state index in [2.05, 4.69) is 15.4 Å². The molecule has 1 atom stereocenters. The minimum atomic E-state index is -0.612. The van der Waals surface area contributed by atoms with Crippen LogP contribution < -0.4 is 20.5 Å². The zero-order valence-electron chi connectivity index (χ0n) is 15.5. The molecule has 0 spiro atoms. The highest BCUT2D eigenvalue weighted by Crippen LogP contribution is 2.42. The largest absolute Gasteiger partial charge is 0.493 e. The Morgan fingerprint density at radius 1 is 1.37 bits per heavy atom. The third-order valence-corrected chi connectivity index (χ3v) is 4.45. The van der Waals surface area contributed by atoms with Gasteiger partial charge in [0.1, 0.15) is 6.04 Å². The third-order valence-electron chi connectivity index (χ3n) is 4.45. The number of fused-ring (bicyclic) bond motifs is 1. The van der Waals surface area contributed by atoms with Crippen LogP contribution in [0.1, 0.15) is 30.8 Å². The first kappa shape index (κ1) is 18.7. The van der Waals surface area contributed by atoms with Crippen LogP contribution in [0.25, 0.3) is 0 Å². The van der Waals surface area contributed by atoms with E-state index in [1.807, 2.05) is 12.1 Å². The van der Waals surface area contributed by atoms with Crippen molar-refractivity contribution in [2.75, 3.05) is 26.1 Å². The summed E-state index contributed by atoms with van der Waals surface area (Å²) in [7, 11) is 3.09. The molecule has 1 aromatic heterocycles. The molecule has 3 rings (SSSR count). The quantitative estimate of drug-likeness (QED) is 0.661. The maximum absolute atomic E-state index is 12.2. The standard InChI is InChI=1S/C18H23N5O4/c1-10-14(17(19)25)15(11-6-4-7-12(26-2)16(11)27-3)23-18(20-10)21-13(22-23)8-5-9-24/h4,6-7,15,24H,5,8-9H2,1-3H3,(H2,19,25)(H,20,21,22)/t15-/m1/s1. The van der Waals surface area contributed by atoms with Gasteiger partial charge in [-0.2, -0.15) is 10.1 Å². The van der Waals surface area contributed by atoms with Crippen LogP contribution >= 0.6 is 0 Å². The number of para-hydroxylation sites is 1. The van der Waals surface area contributed by atoms with E-state index >= 15 is 0 Å². The monoisotopic (exact) mass is 373 g/mol. The van der Waals surface area contributed by atoms with Gasteiger partial charge in [0.2, 0.25) is 11.9 Å². The number of aliphatic hydroxyl groups is 1. The highest BCUT2D eigenvalue weighted by Gasteiger charge is 2.35. The first-order valence-electron chi connectivity index (χ1n) is 8.56. The van der Waals surface area contributed by atoms with Crippen molar-refractivity contribution in [2.24, 2.45) is 5.73 Å². The third kappa shape index (κ3) is 3.33. The van der Waals surface area contributed by atoms with E-state index in [1.165, 1.54) is 7.11 Å². The number of aryl methyl sites for hydroxylation is 1. The van der Waals surface area contributed by atoms with Crippen molar-refractivity contribution < 1.29 is 19.4 Å². The van der Waals surface area contributed by atoms with E-state index in [0.29, 0.717) is 52.9 Å². The highest BCUT2D eigenvalue weighted by atomic mass is 16.5. The second-order valence-electron chi connectivity index (χ2n) is 6.14. The van der Waals surface area contributed by atoms with E-state index in [1.54, 1.807) is 24.8 Å². The lowest BCUT2D eigenvalue weighted by Crippen LogP contribution is -2.32. The van der Waals surface area contributed by atoms with E-state index < -0.39 is 11.9 Å². The molecule has 1 amide bonds. The van der Waals surface area contributed by atoms with Gasteiger partial charge in [-0.15, -0.1) is 0 Å². The second kappa shape index (κ2) is 7.67. The van der Waals surface area contributed by atoms with Crippen LogP contribution in [-0.2, 0) is 11.2 Å². The molecular formula is C18H23N5O4. The number of nitrogens with one attached hydrogen (secondary N) is 1. The average molecular weight is 373 g/mol. The Balaban J connectivity index is 2.20. The minimum absolute atomic E-state index is 0.0499. The molecule has 0 saturated carbocycles.